The molecule has 0 heterocycles. The van der Waals surface area contributed by atoms with E-state index < -0.39 is 0 Å². The van der Waals surface area contributed by atoms with E-state index in [0.29, 0.717) is 0 Å². The summed E-state index contributed by atoms with van der Waals surface area (Å²) in [4.78, 5) is 11.3. The van der Waals surface area contributed by atoms with Crippen molar-refractivity contribution >= 4 is 6.29 Å². The highest BCUT2D eigenvalue weighted by Crippen LogP contribution is 2.50. The fourth-order valence-electron chi connectivity index (χ4n) is 3.14. The molecule has 1 aliphatic carbocycles. The van der Waals surface area contributed by atoms with Gasteiger partial charge in [-0.25, -0.2) is 0 Å². The molecule has 1 aromatic carbocycles. The van der Waals surface area contributed by atoms with Crippen LogP contribution in [0.1, 0.15) is 62.0 Å². The van der Waals surface area contributed by atoms with Crippen LogP contribution in [-0.2, 0) is 10.8 Å². The van der Waals surface area contributed by atoms with E-state index >= 15 is 0 Å². The number of carbonyl (C=O) groups is 1. The van der Waals surface area contributed by atoms with Gasteiger partial charge in [0.15, 0.2) is 0 Å². The van der Waals surface area contributed by atoms with Gasteiger partial charge in [-0.2, -0.15) is 0 Å². The van der Waals surface area contributed by atoms with Crippen LogP contribution in [0.25, 0.3) is 0 Å². The van der Waals surface area contributed by atoms with Crippen molar-refractivity contribution in [2.45, 2.75) is 51.4 Å². The lowest BCUT2D eigenvalue weighted by atomic mass is 9.62. The number of hydrogen-bond acceptors (Lipinski definition) is 2. The molecule has 1 aliphatic rings. The fourth-order valence-corrected chi connectivity index (χ4v) is 3.14. The monoisotopic (exact) mass is 246 g/mol. The van der Waals surface area contributed by atoms with Crippen LogP contribution in [0.5, 0.6) is 5.75 Å². The molecule has 0 amide bonds. The molecule has 18 heavy (non-hydrogen) atoms. The summed E-state index contributed by atoms with van der Waals surface area (Å²) in [6.07, 6.45) is 3.19. The average molecular weight is 246 g/mol. The zero-order valence-electron chi connectivity index (χ0n) is 12.0. The maximum Gasteiger partial charge on any atom is 0.150 e. The van der Waals surface area contributed by atoms with Crippen LogP contribution in [0.3, 0.4) is 0 Å². The number of carbonyl (C=O) groups excluding carboxylic acids is 1. The summed E-state index contributed by atoms with van der Waals surface area (Å²) in [6.45, 7) is 8.90. The first-order valence-electron chi connectivity index (χ1n) is 6.50. The third-order valence-corrected chi connectivity index (χ3v) is 4.27. The van der Waals surface area contributed by atoms with Gasteiger partial charge in [0.25, 0.3) is 0 Å². The third-order valence-electron chi connectivity index (χ3n) is 4.27. The Balaban J connectivity index is 2.83. The summed E-state index contributed by atoms with van der Waals surface area (Å²) in [5.41, 5.74) is 3.30. The first-order chi connectivity index (χ1) is 8.33. The number of aldehydes is 1. The smallest absolute Gasteiger partial charge is 0.150 e. The molecule has 0 N–H and O–H groups in total. The van der Waals surface area contributed by atoms with Gasteiger partial charge in [-0.3, -0.25) is 4.79 Å². The molecule has 1 aromatic rings. The van der Waals surface area contributed by atoms with Gasteiger partial charge >= 0.3 is 0 Å². The molecule has 0 atom stereocenters. The van der Waals surface area contributed by atoms with Crippen molar-refractivity contribution in [2.24, 2.45) is 0 Å². The Morgan fingerprint density at radius 1 is 1.06 bits per heavy atom. The summed E-state index contributed by atoms with van der Waals surface area (Å²) in [6, 6.07) is 3.81. The molecule has 0 aliphatic heterocycles. The Bertz CT molecular complexity index is 484. The van der Waals surface area contributed by atoms with Crippen molar-refractivity contribution in [3.63, 3.8) is 0 Å². The fraction of sp³-hybridized carbons (Fsp3) is 0.562. The Labute approximate surface area is 109 Å². The second kappa shape index (κ2) is 4.11. The summed E-state index contributed by atoms with van der Waals surface area (Å²) in [5.74, 6) is 0.911. The van der Waals surface area contributed by atoms with E-state index in [1.54, 1.807) is 7.11 Å². The Kier molecular flexibility index (Phi) is 3.00. The number of ether oxygens (including phenoxy) is 1. The van der Waals surface area contributed by atoms with E-state index in [0.717, 1.165) is 30.4 Å². The summed E-state index contributed by atoms with van der Waals surface area (Å²) >= 11 is 0. The first-order valence-corrected chi connectivity index (χ1v) is 6.50. The predicted octanol–water partition coefficient (Wildman–Crippen LogP) is 3.86. The lowest BCUT2D eigenvalue weighted by Crippen LogP contribution is -2.35. The van der Waals surface area contributed by atoms with Crippen LogP contribution in [0.2, 0.25) is 0 Å². The normalized spacial score (nSPS) is 20.1. The number of fused-ring (bicyclic) bond motifs is 1. The largest absolute Gasteiger partial charge is 0.496 e. The predicted molar refractivity (Wildman–Crippen MR) is 73.7 cm³/mol. The van der Waals surface area contributed by atoms with Gasteiger partial charge in [0, 0.05) is 11.1 Å². The van der Waals surface area contributed by atoms with Crippen molar-refractivity contribution in [3.8, 4) is 5.75 Å². The summed E-state index contributed by atoms with van der Waals surface area (Å²) in [7, 11) is 1.70. The third kappa shape index (κ3) is 1.84. The zero-order valence-corrected chi connectivity index (χ0v) is 12.0. The summed E-state index contributed by atoms with van der Waals surface area (Å²) < 4.78 is 5.53. The van der Waals surface area contributed by atoms with Gasteiger partial charge in [0.1, 0.15) is 12.0 Å². The number of methoxy groups -OCH3 is 1. The van der Waals surface area contributed by atoms with Gasteiger partial charge in [-0.1, -0.05) is 27.7 Å². The molecule has 0 bridgehead atoms. The van der Waals surface area contributed by atoms with Crippen molar-refractivity contribution < 1.29 is 9.53 Å². The minimum absolute atomic E-state index is 0.0373. The number of benzene rings is 1. The van der Waals surface area contributed by atoms with Crippen LogP contribution in [-0.4, -0.2) is 13.4 Å². The average Bonchev–Trinajstić information content (AvgIpc) is 2.33. The quantitative estimate of drug-likeness (QED) is 0.741. The highest BCUT2D eigenvalue weighted by atomic mass is 16.5. The molecule has 0 radical (unpaired) electrons. The standard InChI is InChI=1S/C16H22O2/c1-15(2)8-9-16(3,4)14-12(18-5)7-6-11(10-17)13(14)15/h6-7,10H,8-9H2,1-5H3. The molecule has 2 rings (SSSR count). The first kappa shape index (κ1) is 13.1. The van der Waals surface area contributed by atoms with E-state index in [9.17, 15) is 4.79 Å². The van der Waals surface area contributed by atoms with Gasteiger partial charge in [0.05, 0.1) is 7.11 Å². The van der Waals surface area contributed by atoms with Crippen LogP contribution in [0, 0.1) is 0 Å². The van der Waals surface area contributed by atoms with Crippen molar-refractivity contribution in [1.29, 1.82) is 0 Å². The lowest BCUT2D eigenvalue weighted by Gasteiger charge is -2.43. The topological polar surface area (TPSA) is 26.3 Å². The zero-order chi connectivity index (χ0) is 13.6. The van der Waals surface area contributed by atoms with Crippen molar-refractivity contribution in [1.82, 2.24) is 0 Å². The Morgan fingerprint density at radius 2 is 1.61 bits per heavy atom. The van der Waals surface area contributed by atoms with Gasteiger partial charge in [-0.15, -0.1) is 0 Å². The highest BCUT2D eigenvalue weighted by Gasteiger charge is 2.40. The summed E-state index contributed by atoms with van der Waals surface area (Å²) in [5, 5.41) is 0. The van der Waals surface area contributed by atoms with Crippen LogP contribution in [0.15, 0.2) is 12.1 Å². The van der Waals surface area contributed by atoms with Gasteiger partial charge in [0.2, 0.25) is 0 Å². The van der Waals surface area contributed by atoms with E-state index in [1.807, 2.05) is 12.1 Å². The second-order valence-electron chi connectivity index (χ2n) is 6.49. The molecule has 0 unspecified atom stereocenters. The molecule has 0 spiro atoms. The number of rotatable bonds is 2. The maximum absolute atomic E-state index is 11.3. The van der Waals surface area contributed by atoms with Gasteiger partial charge < -0.3 is 4.74 Å². The van der Waals surface area contributed by atoms with Crippen LogP contribution >= 0.6 is 0 Å². The van der Waals surface area contributed by atoms with Gasteiger partial charge in [-0.05, 0) is 41.4 Å². The molecular weight excluding hydrogens is 224 g/mol. The van der Waals surface area contributed by atoms with E-state index in [-0.39, 0.29) is 10.8 Å². The molecule has 0 aromatic heterocycles. The van der Waals surface area contributed by atoms with Crippen molar-refractivity contribution in [3.05, 3.63) is 28.8 Å². The molecule has 0 fully saturated rings. The number of hydrogen-bond donors (Lipinski definition) is 0. The van der Waals surface area contributed by atoms with E-state index in [1.165, 1.54) is 11.1 Å². The second-order valence-corrected chi connectivity index (χ2v) is 6.49. The Morgan fingerprint density at radius 3 is 2.11 bits per heavy atom. The molecular formula is C16H22O2. The molecule has 0 saturated heterocycles. The van der Waals surface area contributed by atoms with Crippen molar-refractivity contribution in [2.75, 3.05) is 7.11 Å². The minimum atomic E-state index is 0.0373. The van der Waals surface area contributed by atoms with E-state index in [4.69, 9.17) is 4.74 Å². The Hall–Kier alpha value is -1.31. The maximum atomic E-state index is 11.3. The SMILES string of the molecule is COc1ccc(C=O)c2c1C(C)(C)CCC2(C)C. The molecule has 2 nitrogen and oxygen atoms in total. The highest BCUT2D eigenvalue weighted by molar-refractivity contribution is 5.80. The molecule has 2 heteroatoms. The lowest BCUT2D eigenvalue weighted by molar-refractivity contribution is 0.112. The van der Waals surface area contributed by atoms with Crippen LogP contribution < -0.4 is 4.74 Å². The minimum Gasteiger partial charge on any atom is -0.496 e. The van der Waals surface area contributed by atoms with E-state index in [2.05, 4.69) is 27.7 Å². The van der Waals surface area contributed by atoms with Crippen LogP contribution in [0.4, 0.5) is 0 Å². The molecule has 98 valence electrons. The molecule has 0 saturated carbocycles.